The molecule has 138 valence electrons. The summed E-state index contributed by atoms with van der Waals surface area (Å²) in [4.78, 5) is 16.7. The number of ether oxygens (including phenoxy) is 1. The van der Waals surface area contributed by atoms with Crippen molar-refractivity contribution in [2.75, 3.05) is 6.61 Å². The summed E-state index contributed by atoms with van der Waals surface area (Å²) in [5, 5.41) is 5.95. The average Bonchev–Trinajstić information content (AvgIpc) is 2.66. The van der Waals surface area contributed by atoms with E-state index in [0.29, 0.717) is 12.2 Å². The number of nitrogens with zero attached hydrogens (tertiary/aromatic N) is 1. The summed E-state index contributed by atoms with van der Waals surface area (Å²) in [6.07, 6.45) is 0.390. The summed E-state index contributed by atoms with van der Waals surface area (Å²) < 4.78 is 6.40. The predicted molar refractivity (Wildman–Crippen MR) is 110 cm³/mol. The number of carbonyl (C=O) groups excluding carboxylic acids is 1. The standard InChI is InChI=1S/C21H19BrN2O3/c1-14-11-17(22)9-10-19(14)26-13-21(25)27-24-20(23)12-16-7-4-6-15-5-2-3-8-18(15)16/h2-11H,12-13H2,1H3,(H2,23,24). The molecule has 5 nitrogen and oxygen atoms in total. The third-order valence-corrected chi connectivity index (χ3v) is 4.49. The van der Waals surface area contributed by atoms with E-state index in [4.69, 9.17) is 15.3 Å². The van der Waals surface area contributed by atoms with Gasteiger partial charge >= 0.3 is 5.97 Å². The highest BCUT2D eigenvalue weighted by atomic mass is 79.9. The van der Waals surface area contributed by atoms with Crippen molar-refractivity contribution in [2.24, 2.45) is 10.9 Å². The van der Waals surface area contributed by atoms with Gasteiger partial charge in [0.1, 0.15) is 11.6 Å². The number of fused-ring (bicyclic) bond motifs is 1. The molecule has 0 unspecified atom stereocenters. The van der Waals surface area contributed by atoms with E-state index < -0.39 is 5.97 Å². The zero-order valence-corrected chi connectivity index (χ0v) is 16.4. The number of carbonyl (C=O) groups is 1. The zero-order chi connectivity index (χ0) is 19.2. The Morgan fingerprint density at radius 1 is 1.11 bits per heavy atom. The van der Waals surface area contributed by atoms with Crippen LogP contribution in [0, 0.1) is 6.92 Å². The number of nitrogens with two attached hydrogens (primary N) is 1. The number of benzene rings is 3. The van der Waals surface area contributed by atoms with Crippen molar-refractivity contribution in [2.45, 2.75) is 13.3 Å². The van der Waals surface area contributed by atoms with Crippen LogP contribution in [0.5, 0.6) is 5.75 Å². The number of aryl methyl sites for hydroxylation is 1. The van der Waals surface area contributed by atoms with E-state index >= 15 is 0 Å². The van der Waals surface area contributed by atoms with E-state index in [-0.39, 0.29) is 12.4 Å². The minimum absolute atomic E-state index is 0.222. The van der Waals surface area contributed by atoms with Gasteiger partial charge in [0.25, 0.3) is 0 Å². The second-order valence-corrected chi connectivity index (χ2v) is 6.98. The smallest absolute Gasteiger partial charge is 0.372 e. The highest BCUT2D eigenvalue weighted by Gasteiger charge is 2.08. The molecule has 3 aromatic carbocycles. The lowest BCUT2D eigenvalue weighted by Gasteiger charge is -2.08. The van der Waals surface area contributed by atoms with Gasteiger partial charge < -0.3 is 15.3 Å². The van der Waals surface area contributed by atoms with Crippen LogP contribution in [0.15, 0.2) is 70.3 Å². The fourth-order valence-corrected chi connectivity index (χ4v) is 3.20. The Balaban J connectivity index is 1.57. The van der Waals surface area contributed by atoms with Gasteiger partial charge in [-0.1, -0.05) is 63.6 Å². The van der Waals surface area contributed by atoms with Crippen molar-refractivity contribution >= 4 is 38.5 Å². The molecule has 0 bridgehead atoms. The third-order valence-electron chi connectivity index (χ3n) is 4.00. The molecule has 27 heavy (non-hydrogen) atoms. The molecule has 3 aromatic rings. The number of hydrogen-bond donors (Lipinski definition) is 1. The van der Waals surface area contributed by atoms with Gasteiger partial charge in [-0.05, 0) is 47.0 Å². The van der Waals surface area contributed by atoms with Crippen molar-refractivity contribution in [3.8, 4) is 5.75 Å². The first-order chi connectivity index (χ1) is 13.0. The lowest BCUT2D eigenvalue weighted by molar-refractivity contribution is -0.146. The summed E-state index contributed by atoms with van der Waals surface area (Å²) in [6, 6.07) is 19.5. The van der Waals surface area contributed by atoms with E-state index in [2.05, 4.69) is 21.1 Å². The molecule has 0 heterocycles. The average molecular weight is 427 g/mol. The topological polar surface area (TPSA) is 73.9 Å². The van der Waals surface area contributed by atoms with Crippen molar-refractivity contribution in [1.82, 2.24) is 0 Å². The normalized spacial score (nSPS) is 11.4. The number of halogens is 1. The molecule has 2 N–H and O–H groups in total. The number of amidine groups is 1. The molecule has 0 radical (unpaired) electrons. The van der Waals surface area contributed by atoms with Crippen LogP contribution in [0.1, 0.15) is 11.1 Å². The maximum Gasteiger partial charge on any atom is 0.372 e. The van der Waals surface area contributed by atoms with Gasteiger partial charge in [-0.2, -0.15) is 0 Å². The van der Waals surface area contributed by atoms with E-state index in [9.17, 15) is 4.79 Å². The molecule has 0 fully saturated rings. The van der Waals surface area contributed by atoms with Gasteiger partial charge in [-0.3, -0.25) is 0 Å². The van der Waals surface area contributed by atoms with E-state index in [0.717, 1.165) is 26.4 Å². The van der Waals surface area contributed by atoms with Gasteiger partial charge in [0.2, 0.25) is 0 Å². The molecular weight excluding hydrogens is 408 g/mol. The Hall–Kier alpha value is -2.86. The molecule has 0 aliphatic rings. The lowest BCUT2D eigenvalue weighted by atomic mass is 10.0. The Morgan fingerprint density at radius 3 is 2.70 bits per heavy atom. The Kier molecular flexibility index (Phi) is 6.08. The highest BCUT2D eigenvalue weighted by Crippen LogP contribution is 2.22. The van der Waals surface area contributed by atoms with Crippen LogP contribution in [0.4, 0.5) is 0 Å². The lowest BCUT2D eigenvalue weighted by Crippen LogP contribution is -2.19. The Morgan fingerprint density at radius 2 is 1.89 bits per heavy atom. The van der Waals surface area contributed by atoms with Crippen LogP contribution in [0.2, 0.25) is 0 Å². The monoisotopic (exact) mass is 426 g/mol. The first-order valence-corrected chi connectivity index (χ1v) is 9.20. The van der Waals surface area contributed by atoms with Crippen LogP contribution < -0.4 is 10.5 Å². The van der Waals surface area contributed by atoms with Gasteiger partial charge in [0.15, 0.2) is 6.61 Å². The van der Waals surface area contributed by atoms with Crippen molar-refractivity contribution in [3.05, 3.63) is 76.3 Å². The third kappa shape index (κ3) is 5.08. The molecule has 0 spiro atoms. The van der Waals surface area contributed by atoms with Gasteiger partial charge in [-0.15, -0.1) is 0 Å². The van der Waals surface area contributed by atoms with Crippen LogP contribution in [0.3, 0.4) is 0 Å². The van der Waals surface area contributed by atoms with Crippen molar-refractivity contribution in [3.63, 3.8) is 0 Å². The van der Waals surface area contributed by atoms with Crippen LogP contribution in [0.25, 0.3) is 10.8 Å². The molecule has 3 rings (SSSR count). The molecule has 0 atom stereocenters. The molecule has 6 heteroatoms. The van der Waals surface area contributed by atoms with Gasteiger partial charge in [0.05, 0.1) is 0 Å². The van der Waals surface area contributed by atoms with Crippen LogP contribution >= 0.6 is 15.9 Å². The fourth-order valence-electron chi connectivity index (χ4n) is 2.72. The maximum absolute atomic E-state index is 11.8. The molecule has 0 aliphatic carbocycles. The second-order valence-electron chi connectivity index (χ2n) is 6.06. The first kappa shape index (κ1) is 18.9. The van der Waals surface area contributed by atoms with Crippen LogP contribution in [-0.2, 0) is 16.1 Å². The minimum atomic E-state index is -0.613. The molecule has 0 saturated carbocycles. The largest absolute Gasteiger partial charge is 0.482 e. The van der Waals surface area contributed by atoms with Crippen molar-refractivity contribution in [1.29, 1.82) is 0 Å². The summed E-state index contributed by atoms with van der Waals surface area (Å²) in [5.41, 5.74) is 7.85. The summed E-state index contributed by atoms with van der Waals surface area (Å²) in [6.45, 7) is 1.65. The first-order valence-electron chi connectivity index (χ1n) is 8.40. The predicted octanol–water partition coefficient (Wildman–Crippen LogP) is 4.35. The minimum Gasteiger partial charge on any atom is -0.482 e. The maximum atomic E-state index is 11.8. The van der Waals surface area contributed by atoms with E-state index in [1.165, 1.54) is 0 Å². The highest BCUT2D eigenvalue weighted by molar-refractivity contribution is 9.10. The van der Waals surface area contributed by atoms with Gasteiger partial charge in [-0.25, -0.2) is 4.79 Å². The summed E-state index contributed by atoms with van der Waals surface area (Å²) in [5.74, 6) is 0.223. The van der Waals surface area contributed by atoms with E-state index in [1.54, 1.807) is 6.07 Å². The Labute approximate surface area is 165 Å². The molecule has 0 aliphatic heterocycles. The summed E-state index contributed by atoms with van der Waals surface area (Å²) in [7, 11) is 0. The molecule has 0 saturated heterocycles. The fraction of sp³-hybridized carbons (Fsp3) is 0.143. The molecular formula is C21H19BrN2O3. The number of oxime groups is 1. The quantitative estimate of drug-likeness (QED) is 0.275. The Bertz CT molecular complexity index is 996. The molecule has 0 amide bonds. The van der Waals surface area contributed by atoms with Crippen LogP contribution in [-0.4, -0.2) is 18.4 Å². The van der Waals surface area contributed by atoms with E-state index in [1.807, 2.05) is 61.5 Å². The van der Waals surface area contributed by atoms with Crippen molar-refractivity contribution < 1.29 is 14.4 Å². The zero-order valence-electron chi connectivity index (χ0n) is 14.8. The van der Waals surface area contributed by atoms with Gasteiger partial charge in [0, 0.05) is 10.9 Å². The number of rotatable bonds is 6. The summed E-state index contributed by atoms with van der Waals surface area (Å²) >= 11 is 3.38. The number of hydrogen-bond acceptors (Lipinski definition) is 4. The second kappa shape index (κ2) is 8.68. The molecule has 0 aromatic heterocycles. The SMILES string of the molecule is Cc1cc(Br)ccc1OCC(=O)ON=C(N)Cc1cccc2ccccc12.